The normalized spacial score (nSPS) is 13.8. The molecule has 1 aliphatic rings. The van der Waals surface area contributed by atoms with Gasteiger partial charge in [0, 0.05) is 24.5 Å². The van der Waals surface area contributed by atoms with Gasteiger partial charge in [0.2, 0.25) is 0 Å². The van der Waals surface area contributed by atoms with Gasteiger partial charge < -0.3 is 10.6 Å². The Balaban J connectivity index is 1.94. The molecule has 2 nitrogen and oxygen atoms in total. The van der Waals surface area contributed by atoms with Crippen molar-refractivity contribution in [1.29, 1.82) is 0 Å². The van der Waals surface area contributed by atoms with Crippen LogP contribution in [0.4, 0.5) is 11.4 Å². The quantitative estimate of drug-likeness (QED) is 0.754. The lowest BCUT2D eigenvalue weighted by atomic mass is 10.1. The maximum atomic E-state index is 5.79. The van der Waals surface area contributed by atoms with Crippen molar-refractivity contribution in [2.24, 2.45) is 0 Å². The number of hydrogen-bond acceptors (Lipinski definition) is 2. The maximum absolute atomic E-state index is 5.79. The van der Waals surface area contributed by atoms with Crippen LogP contribution in [0.15, 0.2) is 42.5 Å². The lowest BCUT2D eigenvalue weighted by molar-refractivity contribution is 0.875. The van der Waals surface area contributed by atoms with Gasteiger partial charge in [0.1, 0.15) is 0 Å². The smallest absolute Gasteiger partial charge is 0.0436 e. The van der Waals surface area contributed by atoms with E-state index in [2.05, 4.69) is 42.2 Å². The predicted octanol–water partition coefficient (Wildman–Crippen LogP) is 3.10. The Morgan fingerprint density at radius 1 is 1.00 bits per heavy atom. The summed E-state index contributed by atoms with van der Waals surface area (Å²) in [6.07, 6.45) is 0. The van der Waals surface area contributed by atoms with Crippen molar-refractivity contribution >= 4 is 11.4 Å². The highest BCUT2D eigenvalue weighted by atomic mass is 15.1. The van der Waals surface area contributed by atoms with Gasteiger partial charge in [-0.05, 0) is 41.8 Å². The van der Waals surface area contributed by atoms with Gasteiger partial charge in [-0.15, -0.1) is 0 Å². The molecule has 86 valence electrons. The van der Waals surface area contributed by atoms with Crippen LogP contribution in [-0.4, -0.2) is 0 Å². The van der Waals surface area contributed by atoms with Crippen molar-refractivity contribution in [3.8, 4) is 0 Å². The number of hydrogen-bond donors (Lipinski definition) is 1. The Labute approximate surface area is 102 Å². The van der Waals surface area contributed by atoms with E-state index >= 15 is 0 Å². The zero-order chi connectivity index (χ0) is 11.8. The number of aryl methyl sites for hydroxylation is 1. The van der Waals surface area contributed by atoms with Gasteiger partial charge in [-0.25, -0.2) is 0 Å². The SMILES string of the molecule is Cc1cc(N)ccc1N1Cc2ccccc2C1. The number of rotatable bonds is 1. The van der Waals surface area contributed by atoms with Crippen molar-refractivity contribution in [3.63, 3.8) is 0 Å². The second kappa shape index (κ2) is 3.81. The fraction of sp³-hybridized carbons (Fsp3) is 0.200. The Hall–Kier alpha value is -1.96. The molecule has 0 spiro atoms. The summed E-state index contributed by atoms with van der Waals surface area (Å²) in [4.78, 5) is 2.40. The van der Waals surface area contributed by atoms with Crippen molar-refractivity contribution in [2.45, 2.75) is 20.0 Å². The minimum absolute atomic E-state index is 0.836. The van der Waals surface area contributed by atoms with E-state index < -0.39 is 0 Å². The molecule has 0 saturated carbocycles. The van der Waals surface area contributed by atoms with Crippen molar-refractivity contribution in [3.05, 3.63) is 59.2 Å². The third kappa shape index (κ3) is 1.76. The van der Waals surface area contributed by atoms with Crippen LogP contribution in [0.25, 0.3) is 0 Å². The summed E-state index contributed by atoms with van der Waals surface area (Å²) in [5, 5.41) is 0. The van der Waals surface area contributed by atoms with Crippen molar-refractivity contribution in [2.75, 3.05) is 10.6 Å². The number of nitrogens with zero attached hydrogens (tertiary/aromatic N) is 1. The maximum Gasteiger partial charge on any atom is 0.0436 e. The van der Waals surface area contributed by atoms with Crippen LogP contribution in [0.2, 0.25) is 0 Å². The molecule has 2 N–H and O–H groups in total. The first-order chi connectivity index (χ1) is 8.24. The van der Waals surface area contributed by atoms with E-state index in [1.165, 1.54) is 22.4 Å². The molecule has 2 aromatic rings. The lowest BCUT2D eigenvalue weighted by Crippen LogP contribution is -2.15. The summed E-state index contributed by atoms with van der Waals surface area (Å²) in [6.45, 7) is 4.12. The van der Waals surface area contributed by atoms with E-state index in [0.29, 0.717) is 0 Å². The van der Waals surface area contributed by atoms with Crippen LogP contribution in [0.1, 0.15) is 16.7 Å². The highest BCUT2D eigenvalue weighted by molar-refractivity contribution is 5.61. The summed E-state index contributed by atoms with van der Waals surface area (Å²) in [5.41, 5.74) is 12.0. The number of anilines is 2. The molecule has 0 fully saturated rings. The average Bonchev–Trinajstić information content (AvgIpc) is 2.72. The molecule has 2 aromatic carbocycles. The Morgan fingerprint density at radius 3 is 2.24 bits per heavy atom. The van der Waals surface area contributed by atoms with Crippen LogP contribution in [0.3, 0.4) is 0 Å². The number of benzene rings is 2. The Bertz CT molecular complexity index is 536. The van der Waals surface area contributed by atoms with E-state index in [-0.39, 0.29) is 0 Å². The minimum atomic E-state index is 0.836. The molecule has 0 aliphatic carbocycles. The van der Waals surface area contributed by atoms with Gasteiger partial charge in [-0.3, -0.25) is 0 Å². The van der Waals surface area contributed by atoms with Gasteiger partial charge in [0.25, 0.3) is 0 Å². The van der Waals surface area contributed by atoms with Crippen LogP contribution in [0.5, 0.6) is 0 Å². The zero-order valence-electron chi connectivity index (χ0n) is 9.98. The Morgan fingerprint density at radius 2 is 1.65 bits per heavy atom. The van der Waals surface area contributed by atoms with Gasteiger partial charge in [-0.2, -0.15) is 0 Å². The molecule has 0 radical (unpaired) electrons. The number of nitrogens with two attached hydrogens (primary N) is 1. The minimum Gasteiger partial charge on any atom is -0.399 e. The monoisotopic (exact) mass is 224 g/mol. The molecule has 0 unspecified atom stereocenters. The van der Waals surface area contributed by atoms with Crippen LogP contribution >= 0.6 is 0 Å². The summed E-state index contributed by atoms with van der Waals surface area (Å²) in [5.74, 6) is 0. The topological polar surface area (TPSA) is 29.3 Å². The first-order valence-electron chi connectivity index (χ1n) is 5.92. The fourth-order valence-electron chi connectivity index (χ4n) is 2.54. The molecule has 0 bridgehead atoms. The molecule has 1 aliphatic heterocycles. The van der Waals surface area contributed by atoms with E-state index in [0.717, 1.165) is 18.8 Å². The second-order valence-electron chi connectivity index (χ2n) is 4.67. The molecule has 2 heteroatoms. The highest BCUT2D eigenvalue weighted by Crippen LogP contribution is 2.30. The molecule has 1 heterocycles. The second-order valence-corrected chi connectivity index (χ2v) is 4.67. The molecule has 0 amide bonds. The summed E-state index contributed by atoms with van der Waals surface area (Å²) >= 11 is 0. The van der Waals surface area contributed by atoms with Crippen LogP contribution in [0, 0.1) is 6.92 Å². The molecule has 0 aromatic heterocycles. The van der Waals surface area contributed by atoms with Gasteiger partial charge in [0.15, 0.2) is 0 Å². The molecule has 0 saturated heterocycles. The standard InChI is InChI=1S/C15H16N2/c1-11-8-14(16)6-7-15(11)17-9-12-4-2-3-5-13(12)10-17/h2-8H,9-10,16H2,1H3. The van der Waals surface area contributed by atoms with Gasteiger partial charge in [-0.1, -0.05) is 24.3 Å². The highest BCUT2D eigenvalue weighted by Gasteiger charge is 2.19. The summed E-state index contributed by atoms with van der Waals surface area (Å²) in [6, 6.07) is 14.8. The largest absolute Gasteiger partial charge is 0.399 e. The first-order valence-corrected chi connectivity index (χ1v) is 5.92. The van der Waals surface area contributed by atoms with Gasteiger partial charge in [0.05, 0.1) is 0 Å². The van der Waals surface area contributed by atoms with E-state index in [9.17, 15) is 0 Å². The molecular formula is C15H16N2. The summed E-state index contributed by atoms with van der Waals surface area (Å²) in [7, 11) is 0. The zero-order valence-corrected chi connectivity index (χ0v) is 9.98. The van der Waals surface area contributed by atoms with E-state index in [1.54, 1.807) is 0 Å². The fourth-order valence-corrected chi connectivity index (χ4v) is 2.54. The third-order valence-electron chi connectivity index (χ3n) is 3.40. The molecule has 0 atom stereocenters. The molecular weight excluding hydrogens is 208 g/mol. The van der Waals surface area contributed by atoms with Crippen LogP contribution < -0.4 is 10.6 Å². The molecule has 17 heavy (non-hydrogen) atoms. The van der Waals surface area contributed by atoms with Crippen molar-refractivity contribution in [1.82, 2.24) is 0 Å². The van der Waals surface area contributed by atoms with E-state index in [1.807, 2.05) is 12.1 Å². The van der Waals surface area contributed by atoms with Gasteiger partial charge >= 0.3 is 0 Å². The summed E-state index contributed by atoms with van der Waals surface area (Å²) < 4.78 is 0. The number of fused-ring (bicyclic) bond motifs is 1. The van der Waals surface area contributed by atoms with E-state index in [4.69, 9.17) is 5.73 Å². The lowest BCUT2D eigenvalue weighted by Gasteiger charge is -2.20. The number of nitrogen functional groups attached to an aromatic ring is 1. The average molecular weight is 224 g/mol. The van der Waals surface area contributed by atoms with Crippen LogP contribution in [-0.2, 0) is 13.1 Å². The Kier molecular flexibility index (Phi) is 2.29. The predicted molar refractivity (Wildman–Crippen MR) is 71.9 cm³/mol. The first kappa shape index (κ1) is 10.2. The van der Waals surface area contributed by atoms with Crippen molar-refractivity contribution < 1.29 is 0 Å². The molecule has 3 rings (SSSR count). The third-order valence-corrected chi connectivity index (χ3v) is 3.40.